The van der Waals surface area contributed by atoms with E-state index in [1.165, 1.54) is 0 Å². The first-order valence-corrected chi connectivity index (χ1v) is 7.85. The van der Waals surface area contributed by atoms with Crippen molar-refractivity contribution in [3.05, 3.63) is 61.5 Å². The van der Waals surface area contributed by atoms with Crippen LogP contribution in [0.3, 0.4) is 0 Å². The Morgan fingerprint density at radius 1 is 1.19 bits per heavy atom. The zero-order valence-electron chi connectivity index (χ0n) is 10.7. The van der Waals surface area contributed by atoms with Gasteiger partial charge in [0.2, 0.25) is 0 Å². The Morgan fingerprint density at radius 2 is 1.95 bits per heavy atom. The summed E-state index contributed by atoms with van der Waals surface area (Å²) in [5.41, 5.74) is 3.47. The van der Waals surface area contributed by atoms with Gasteiger partial charge in [0.05, 0.1) is 4.47 Å². The van der Waals surface area contributed by atoms with Crippen LogP contribution in [0.5, 0.6) is 5.75 Å². The molecule has 110 valence electrons. The minimum absolute atomic E-state index is 0.344. The summed E-state index contributed by atoms with van der Waals surface area (Å²) < 4.78 is 7.28. The van der Waals surface area contributed by atoms with Crippen LogP contribution in [0, 0.1) is 0 Å². The molecule has 21 heavy (non-hydrogen) atoms. The smallest absolute Gasteiger partial charge is 0.265 e. The van der Waals surface area contributed by atoms with Crippen LogP contribution < -0.4 is 16.0 Å². The Labute approximate surface area is 143 Å². The SMILES string of the molecule is NNC(=O)c1ccc(COc2ccc(Cl)cc2Br)c(Br)c1. The molecule has 0 heterocycles. The van der Waals surface area contributed by atoms with Crippen molar-refractivity contribution in [3.63, 3.8) is 0 Å². The maximum absolute atomic E-state index is 11.4. The van der Waals surface area contributed by atoms with Crippen molar-refractivity contribution in [2.75, 3.05) is 0 Å². The van der Waals surface area contributed by atoms with Crippen LogP contribution in [0.25, 0.3) is 0 Å². The van der Waals surface area contributed by atoms with E-state index in [1.54, 1.807) is 36.4 Å². The van der Waals surface area contributed by atoms with Crippen LogP contribution in [0.15, 0.2) is 45.3 Å². The van der Waals surface area contributed by atoms with E-state index in [0.29, 0.717) is 22.9 Å². The van der Waals surface area contributed by atoms with Crippen molar-refractivity contribution in [3.8, 4) is 5.75 Å². The molecule has 2 aromatic rings. The number of rotatable bonds is 4. The van der Waals surface area contributed by atoms with Crippen molar-refractivity contribution in [1.82, 2.24) is 5.43 Å². The monoisotopic (exact) mass is 432 g/mol. The summed E-state index contributed by atoms with van der Waals surface area (Å²) in [7, 11) is 0. The minimum Gasteiger partial charge on any atom is -0.488 e. The summed E-state index contributed by atoms with van der Waals surface area (Å²) in [4.78, 5) is 11.4. The largest absolute Gasteiger partial charge is 0.488 e. The summed E-state index contributed by atoms with van der Waals surface area (Å²) >= 11 is 12.7. The van der Waals surface area contributed by atoms with Crippen LogP contribution in [0.2, 0.25) is 5.02 Å². The highest BCUT2D eigenvalue weighted by Gasteiger charge is 2.09. The summed E-state index contributed by atoms with van der Waals surface area (Å²) in [5, 5.41) is 0.632. The van der Waals surface area contributed by atoms with Gasteiger partial charge in [-0.3, -0.25) is 10.2 Å². The van der Waals surface area contributed by atoms with Crippen LogP contribution in [-0.4, -0.2) is 5.91 Å². The molecule has 2 rings (SSSR count). The number of carbonyl (C=O) groups excluding carboxylic acids is 1. The number of carbonyl (C=O) groups is 1. The van der Waals surface area contributed by atoms with Gasteiger partial charge in [-0.15, -0.1) is 0 Å². The van der Waals surface area contributed by atoms with Gasteiger partial charge in [0.25, 0.3) is 5.91 Å². The number of ether oxygens (including phenoxy) is 1. The Kier molecular flexibility index (Phi) is 5.64. The molecule has 7 heteroatoms. The van der Waals surface area contributed by atoms with Crippen LogP contribution in [-0.2, 0) is 6.61 Å². The summed E-state index contributed by atoms with van der Waals surface area (Å²) in [6.07, 6.45) is 0. The molecule has 0 radical (unpaired) electrons. The second-order valence-corrected chi connectivity index (χ2v) is 6.29. The first-order chi connectivity index (χ1) is 10.0. The Hall–Kier alpha value is -1.08. The Balaban J connectivity index is 2.11. The number of nitrogens with two attached hydrogens (primary N) is 1. The maximum atomic E-state index is 11.4. The predicted molar refractivity (Wildman–Crippen MR) is 89.3 cm³/mol. The number of benzene rings is 2. The lowest BCUT2D eigenvalue weighted by atomic mass is 10.1. The third-order valence-electron chi connectivity index (χ3n) is 2.72. The number of amides is 1. The van der Waals surface area contributed by atoms with Gasteiger partial charge in [-0.25, -0.2) is 5.84 Å². The predicted octanol–water partition coefficient (Wildman–Crippen LogP) is 4.05. The molecule has 0 atom stereocenters. The van der Waals surface area contributed by atoms with E-state index >= 15 is 0 Å². The third kappa shape index (κ3) is 4.20. The average molecular weight is 435 g/mol. The van der Waals surface area contributed by atoms with Gasteiger partial charge >= 0.3 is 0 Å². The van der Waals surface area contributed by atoms with E-state index in [-0.39, 0.29) is 5.91 Å². The molecule has 1 amide bonds. The molecule has 0 aliphatic carbocycles. The molecule has 0 aliphatic heterocycles. The third-order valence-corrected chi connectivity index (χ3v) is 4.32. The van der Waals surface area contributed by atoms with E-state index in [1.807, 2.05) is 0 Å². The van der Waals surface area contributed by atoms with Crippen molar-refractivity contribution < 1.29 is 9.53 Å². The number of hydrogen-bond acceptors (Lipinski definition) is 3. The van der Waals surface area contributed by atoms with Crippen LogP contribution in [0.1, 0.15) is 15.9 Å². The molecule has 0 fully saturated rings. The highest BCUT2D eigenvalue weighted by Crippen LogP contribution is 2.29. The maximum Gasteiger partial charge on any atom is 0.265 e. The van der Waals surface area contributed by atoms with Gasteiger partial charge in [-0.2, -0.15) is 0 Å². The molecule has 0 bridgehead atoms. The van der Waals surface area contributed by atoms with E-state index in [0.717, 1.165) is 14.5 Å². The summed E-state index contributed by atoms with van der Waals surface area (Å²) in [5.74, 6) is 5.45. The van der Waals surface area contributed by atoms with Crippen molar-refractivity contribution in [2.45, 2.75) is 6.61 Å². The number of nitrogens with one attached hydrogen (secondary N) is 1. The Bertz CT molecular complexity index is 680. The first kappa shape index (κ1) is 16.3. The van der Waals surface area contributed by atoms with Gasteiger partial charge in [0, 0.05) is 20.6 Å². The standard InChI is InChI=1S/C14H11Br2ClN2O2/c15-11-5-8(14(20)19-18)1-2-9(11)7-21-13-4-3-10(17)6-12(13)16/h1-6H,7,18H2,(H,19,20). The molecule has 4 nitrogen and oxygen atoms in total. The van der Waals surface area contributed by atoms with Crippen molar-refractivity contribution >= 4 is 49.4 Å². The lowest BCUT2D eigenvalue weighted by Gasteiger charge is -2.10. The lowest BCUT2D eigenvalue weighted by molar-refractivity contribution is 0.0953. The second-order valence-electron chi connectivity index (χ2n) is 4.14. The molecule has 2 aromatic carbocycles. The highest BCUT2D eigenvalue weighted by molar-refractivity contribution is 9.10. The summed E-state index contributed by atoms with van der Waals surface area (Å²) in [6.45, 7) is 0.353. The molecule has 0 saturated carbocycles. The molecule has 0 aliphatic rings. The van der Waals surface area contributed by atoms with E-state index in [2.05, 4.69) is 37.3 Å². The van der Waals surface area contributed by atoms with Gasteiger partial charge in [-0.1, -0.05) is 33.6 Å². The topological polar surface area (TPSA) is 64.3 Å². The molecular formula is C14H11Br2ClN2O2. The molecule has 3 N–H and O–H groups in total. The molecule has 0 unspecified atom stereocenters. The quantitative estimate of drug-likeness (QED) is 0.434. The number of halogens is 3. The number of hydrazine groups is 1. The van der Waals surface area contributed by atoms with Gasteiger partial charge in [-0.05, 0) is 46.3 Å². The second kappa shape index (κ2) is 7.26. The molecule has 0 aromatic heterocycles. The summed E-state index contributed by atoms with van der Waals surface area (Å²) in [6, 6.07) is 10.5. The normalized spacial score (nSPS) is 10.3. The van der Waals surface area contributed by atoms with Crippen molar-refractivity contribution in [1.29, 1.82) is 0 Å². The van der Waals surface area contributed by atoms with Gasteiger partial charge in [0.15, 0.2) is 0 Å². The van der Waals surface area contributed by atoms with E-state index in [4.69, 9.17) is 22.2 Å². The zero-order valence-corrected chi connectivity index (χ0v) is 14.6. The van der Waals surface area contributed by atoms with E-state index < -0.39 is 0 Å². The number of nitrogen functional groups attached to an aromatic ring is 1. The zero-order chi connectivity index (χ0) is 15.4. The Morgan fingerprint density at radius 3 is 2.57 bits per heavy atom. The highest BCUT2D eigenvalue weighted by atomic mass is 79.9. The van der Waals surface area contributed by atoms with Crippen LogP contribution >= 0.6 is 43.5 Å². The average Bonchev–Trinajstić information content (AvgIpc) is 2.46. The number of hydrogen-bond donors (Lipinski definition) is 2. The fourth-order valence-electron chi connectivity index (χ4n) is 1.64. The molecule has 0 saturated heterocycles. The lowest BCUT2D eigenvalue weighted by Crippen LogP contribution is -2.29. The fourth-order valence-corrected chi connectivity index (χ4v) is 2.93. The fraction of sp³-hybridized carbons (Fsp3) is 0.0714. The van der Waals surface area contributed by atoms with E-state index in [9.17, 15) is 4.79 Å². The van der Waals surface area contributed by atoms with Crippen LogP contribution in [0.4, 0.5) is 0 Å². The molecular weight excluding hydrogens is 423 g/mol. The first-order valence-electron chi connectivity index (χ1n) is 5.88. The van der Waals surface area contributed by atoms with Gasteiger partial charge in [0.1, 0.15) is 12.4 Å². The molecule has 0 spiro atoms. The minimum atomic E-state index is -0.344. The van der Waals surface area contributed by atoms with Crippen molar-refractivity contribution in [2.24, 2.45) is 5.84 Å². The van der Waals surface area contributed by atoms with Gasteiger partial charge < -0.3 is 4.74 Å².